The van der Waals surface area contributed by atoms with E-state index in [2.05, 4.69) is 9.97 Å². The van der Waals surface area contributed by atoms with Crippen LogP contribution in [0.25, 0.3) is 0 Å². The molecular weight excluding hydrogens is 340 g/mol. The fraction of sp³-hybridized carbons (Fsp3) is 0.353. The molecule has 9 heteroatoms. The summed E-state index contributed by atoms with van der Waals surface area (Å²) in [6, 6.07) is 3.48. The Morgan fingerprint density at radius 2 is 1.96 bits per heavy atom. The first-order valence-corrected chi connectivity index (χ1v) is 8.06. The van der Waals surface area contributed by atoms with E-state index < -0.39 is 23.1 Å². The van der Waals surface area contributed by atoms with Crippen molar-refractivity contribution in [2.75, 3.05) is 13.1 Å². The van der Waals surface area contributed by atoms with Gasteiger partial charge < -0.3 is 15.0 Å². The topological polar surface area (TPSA) is 125 Å². The normalized spacial score (nSPS) is 19.5. The fourth-order valence-corrected chi connectivity index (χ4v) is 3.22. The molecule has 0 aromatic carbocycles. The number of aromatic nitrogens is 3. The fourth-order valence-electron chi connectivity index (χ4n) is 3.22. The van der Waals surface area contributed by atoms with E-state index in [9.17, 15) is 24.3 Å². The molecule has 1 fully saturated rings. The lowest BCUT2D eigenvalue weighted by molar-refractivity contribution is -0.141. The van der Waals surface area contributed by atoms with Gasteiger partial charge in [0.05, 0.1) is 12.3 Å². The van der Waals surface area contributed by atoms with Gasteiger partial charge in [-0.3, -0.25) is 23.9 Å². The Balaban J connectivity index is 1.81. The van der Waals surface area contributed by atoms with Crippen LogP contribution in [0, 0.1) is 5.92 Å². The second kappa shape index (κ2) is 6.95. The molecule has 0 bridgehead atoms. The Morgan fingerprint density at radius 3 is 2.62 bits per heavy atom. The predicted molar refractivity (Wildman–Crippen MR) is 90.7 cm³/mol. The number of carbonyl (C=O) groups is 2. The molecule has 1 amide bonds. The first kappa shape index (κ1) is 17.6. The zero-order valence-corrected chi connectivity index (χ0v) is 14.1. The third-order valence-corrected chi connectivity index (χ3v) is 4.72. The summed E-state index contributed by atoms with van der Waals surface area (Å²) >= 11 is 0. The summed E-state index contributed by atoms with van der Waals surface area (Å²) in [6.45, 7) is 0.328. The lowest BCUT2D eigenvalue weighted by Crippen LogP contribution is -2.37. The van der Waals surface area contributed by atoms with Crippen LogP contribution in [0.2, 0.25) is 0 Å². The maximum absolute atomic E-state index is 12.6. The quantitative estimate of drug-likeness (QED) is 0.747. The monoisotopic (exact) mass is 358 g/mol. The highest BCUT2D eigenvalue weighted by Crippen LogP contribution is 2.32. The highest BCUT2D eigenvalue weighted by atomic mass is 16.4. The van der Waals surface area contributed by atoms with Gasteiger partial charge in [-0.25, -0.2) is 4.79 Å². The van der Waals surface area contributed by atoms with E-state index in [0.29, 0.717) is 0 Å². The average molecular weight is 358 g/mol. The summed E-state index contributed by atoms with van der Waals surface area (Å²) in [5.74, 6) is -2.38. The average Bonchev–Trinajstić information content (AvgIpc) is 3.09. The molecule has 2 aromatic rings. The lowest BCUT2D eigenvalue weighted by atomic mass is 9.90. The van der Waals surface area contributed by atoms with Gasteiger partial charge in [-0.15, -0.1) is 0 Å². The van der Waals surface area contributed by atoms with Crippen LogP contribution in [0.4, 0.5) is 0 Å². The van der Waals surface area contributed by atoms with Crippen molar-refractivity contribution in [2.24, 2.45) is 13.0 Å². The van der Waals surface area contributed by atoms with Gasteiger partial charge in [0.1, 0.15) is 0 Å². The zero-order valence-electron chi connectivity index (χ0n) is 14.1. The number of aromatic amines is 1. The van der Waals surface area contributed by atoms with Crippen molar-refractivity contribution in [3.63, 3.8) is 0 Å². The summed E-state index contributed by atoms with van der Waals surface area (Å²) in [4.78, 5) is 55.4. The number of carboxylic acids is 1. The molecule has 0 unspecified atom stereocenters. The van der Waals surface area contributed by atoms with Crippen LogP contribution in [0.5, 0.6) is 0 Å². The van der Waals surface area contributed by atoms with E-state index in [1.165, 1.54) is 18.1 Å². The van der Waals surface area contributed by atoms with E-state index >= 15 is 0 Å². The highest BCUT2D eigenvalue weighted by Gasteiger charge is 2.40. The van der Waals surface area contributed by atoms with E-state index in [-0.39, 0.29) is 36.9 Å². The molecule has 3 heterocycles. The third kappa shape index (κ3) is 3.28. The number of rotatable bonds is 4. The first-order valence-electron chi connectivity index (χ1n) is 8.06. The van der Waals surface area contributed by atoms with Gasteiger partial charge in [-0.1, -0.05) is 0 Å². The largest absolute Gasteiger partial charge is 0.481 e. The van der Waals surface area contributed by atoms with Crippen molar-refractivity contribution in [1.82, 2.24) is 19.4 Å². The van der Waals surface area contributed by atoms with Crippen molar-refractivity contribution in [3.8, 4) is 0 Å². The molecule has 2 N–H and O–H groups in total. The second-order valence-corrected chi connectivity index (χ2v) is 6.29. The molecule has 0 saturated carbocycles. The van der Waals surface area contributed by atoms with Crippen LogP contribution in [0.15, 0.2) is 40.3 Å². The summed E-state index contributed by atoms with van der Waals surface area (Å²) in [5.41, 5.74) is -0.128. The molecule has 0 radical (unpaired) electrons. The van der Waals surface area contributed by atoms with Gasteiger partial charge in [-0.05, 0) is 17.7 Å². The standard InChI is InChI=1S/C17H18N4O5/c1-20-15(23)11(7-19-17(20)26)6-14(22)21-8-12(13(9-21)16(24)25)10-2-4-18-5-3-10/h2-5,7,12-13H,6,8-9H2,1H3,(H,19,26)(H,24,25)/t12-,13+/m1/s1. The first-order chi connectivity index (χ1) is 12.4. The number of aliphatic carboxylic acids is 1. The van der Waals surface area contributed by atoms with Crippen molar-refractivity contribution in [2.45, 2.75) is 12.3 Å². The highest BCUT2D eigenvalue weighted by molar-refractivity contribution is 5.81. The number of hydrogen-bond acceptors (Lipinski definition) is 5. The Kier molecular flexibility index (Phi) is 4.70. The molecular formula is C17H18N4O5. The van der Waals surface area contributed by atoms with Gasteiger partial charge >= 0.3 is 11.7 Å². The van der Waals surface area contributed by atoms with E-state index in [1.54, 1.807) is 24.5 Å². The smallest absolute Gasteiger partial charge is 0.328 e. The maximum atomic E-state index is 12.6. The number of H-pyrrole nitrogens is 1. The molecule has 26 heavy (non-hydrogen) atoms. The van der Waals surface area contributed by atoms with Crippen molar-refractivity contribution < 1.29 is 14.7 Å². The molecule has 2 atom stereocenters. The van der Waals surface area contributed by atoms with Gasteiger partial charge in [-0.2, -0.15) is 0 Å². The van der Waals surface area contributed by atoms with Crippen molar-refractivity contribution >= 4 is 11.9 Å². The SMILES string of the molecule is Cn1c(=O)[nH]cc(CC(=O)N2C[C@H](C(=O)O)[C@@H](c3ccncc3)C2)c1=O. The van der Waals surface area contributed by atoms with Crippen LogP contribution in [-0.2, 0) is 23.1 Å². The minimum atomic E-state index is -0.970. The molecule has 136 valence electrons. The number of pyridine rings is 1. The van der Waals surface area contributed by atoms with Gasteiger partial charge in [0.15, 0.2) is 0 Å². The van der Waals surface area contributed by atoms with Crippen LogP contribution in [0.1, 0.15) is 17.0 Å². The molecule has 2 aromatic heterocycles. The van der Waals surface area contributed by atoms with Crippen molar-refractivity contribution in [1.29, 1.82) is 0 Å². The summed E-state index contributed by atoms with van der Waals surface area (Å²) in [7, 11) is 1.32. The number of nitrogens with zero attached hydrogens (tertiary/aromatic N) is 3. The number of amides is 1. The second-order valence-electron chi connectivity index (χ2n) is 6.29. The van der Waals surface area contributed by atoms with Crippen LogP contribution >= 0.6 is 0 Å². The maximum Gasteiger partial charge on any atom is 0.328 e. The summed E-state index contributed by atoms with van der Waals surface area (Å²) < 4.78 is 0.895. The number of likely N-dealkylation sites (tertiary alicyclic amines) is 1. The van der Waals surface area contributed by atoms with Crippen LogP contribution in [0.3, 0.4) is 0 Å². The van der Waals surface area contributed by atoms with E-state index in [0.717, 1.165) is 10.1 Å². The molecule has 9 nitrogen and oxygen atoms in total. The predicted octanol–water partition coefficient (Wildman–Crippen LogP) is -0.662. The molecule has 0 aliphatic carbocycles. The van der Waals surface area contributed by atoms with Gasteiger partial charge in [0.2, 0.25) is 5.91 Å². The number of hydrogen-bond donors (Lipinski definition) is 2. The number of carbonyl (C=O) groups excluding carboxylic acids is 1. The van der Waals surface area contributed by atoms with Crippen molar-refractivity contribution in [3.05, 3.63) is 62.7 Å². The minimum absolute atomic E-state index is 0.0742. The Labute approximate surface area is 147 Å². The molecule has 1 aliphatic rings. The summed E-state index contributed by atoms with van der Waals surface area (Å²) in [5, 5.41) is 9.50. The lowest BCUT2D eigenvalue weighted by Gasteiger charge is -2.16. The Hall–Kier alpha value is -3.23. The third-order valence-electron chi connectivity index (χ3n) is 4.72. The molecule has 1 saturated heterocycles. The van der Waals surface area contributed by atoms with E-state index in [4.69, 9.17) is 0 Å². The minimum Gasteiger partial charge on any atom is -0.481 e. The van der Waals surface area contributed by atoms with Gasteiger partial charge in [0.25, 0.3) is 5.56 Å². The van der Waals surface area contributed by atoms with E-state index in [1.807, 2.05) is 0 Å². The molecule has 3 rings (SSSR count). The number of carboxylic acid groups (broad SMARTS) is 1. The van der Waals surface area contributed by atoms with Crippen LogP contribution < -0.4 is 11.2 Å². The Morgan fingerprint density at radius 1 is 1.27 bits per heavy atom. The molecule has 0 spiro atoms. The van der Waals surface area contributed by atoms with Crippen LogP contribution in [-0.4, -0.2) is 49.5 Å². The summed E-state index contributed by atoms with van der Waals surface area (Å²) in [6.07, 6.45) is 4.21. The molecule has 1 aliphatic heterocycles. The van der Waals surface area contributed by atoms with Gasteiger partial charge in [0, 0.05) is 50.2 Å². The Bertz CT molecular complexity index is 950. The number of nitrogens with one attached hydrogen (secondary N) is 1. The zero-order chi connectivity index (χ0) is 18.8.